The average Bonchev–Trinajstić information content (AvgIpc) is 2.65. The summed E-state index contributed by atoms with van der Waals surface area (Å²) < 4.78 is 91.2. The van der Waals surface area contributed by atoms with Gasteiger partial charge in [0.2, 0.25) is 0 Å². The van der Waals surface area contributed by atoms with E-state index < -0.39 is 66.3 Å². The van der Waals surface area contributed by atoms with E-state index in [0.717, 1.165) is 38.5 Å². The Kier molecular flexibility index (Phi) is 6.10. The molecule has 5 rings (SSSR count). The topological polar surface area (TPSA) is 84.9 Å². The van der Waals surface area contributed by atoms with E-state index in [0.29, 0.717) is 17.8 Å². The quantitative estimate of drug-likeness (QED) is 0.189. The van der Waals surface area contributed by atoms with Crippen molar-refractivity contribution in [2.24, 2.45) is 17.8 Å². The molecule has 4 aliphatic rings. The first kappa shape index (κ1) is 22.3. The third-order valence-corrected chi connectivity index (χ3v) is 8.71. The molecule has 0 spiro atoms. The second-order valence-corrected chi connectivity index (χ2v) is 11.2. The molecule has 0 N–H and O–H groups in total. The van der Waals surface area contributed by atoms with Crippen molar-refractivity contribution < 1.29 is 45.3 Å². The predicted octanol–water partition coefficient (Wildman–Crippen LogP) is 3.23. The van der Waals surface area contributed by atoms with Crippen LogP contribution in [-0.2, 0) is 23.9 Å². The number of hydrogen-bond donors (Lipinski definition) is 0. The van der Waals surface area contributed by atoms with Gasteiger partial charge in [0.25, 0.3) is 0 Å². The Morgan fingerprint density at radius 3 is 1.90 bits per heavy atom. The fourth-order valence-electron chi connectivity index (χ4n) is 5.66. The maximum Gasteiger partial charge on any atom is 0.186 e. The molecule has 0 amide bonds. The molecule has 0 aromatic heterocycles. The second-order valence-electron chi connectivity index (χ2n) is 8.40. The molecule has 6 nitrogen and oxygen atoms in total. The molecule has 1 aromatic rings. The van der Waals surface area contributed by atoms with Crippen molar-refractivity contribution in [2.45, 2.75) is 53.9 Å². The lowest BCUT2D eigenvalue weighted by molar-refractivity contribution is -0.777. The Balaban J connectivity index is 1.50. The zero-order valence-electron chi connectivity index (χ0n) is 15.7. The minimum Gasteiger partial charge on any atom is -0.691 e. The SMILES string of the molecule is O=S(=O)(CCOC12CC3CC(CC(C3)C1)C2)c1c(F)c(F)c(SOO[O-])c(F)c1F. The van der Waals surface area contributed by atoms with Gasteiger partial charge in [-0.3, -0.25) is 5.04 Å². The Morgan fingerprint density at radius 1 is 0.933 bits per heavy atom. The van der Waals surface area contributed by atoms with Crippen molar-refractivity contribution in [1.29, 1.82) is 0 Å². The Hall–Kier alpha value is -0.920. The van der Waals surface area contributed by atoms with Crippen molar-refractivity contribution in [3.05, 3.63) is 23.3 Å². The molecule has 4 bridgehead atoms. The zero-order valence-corrected chi connectivity index (χ0v) is 17.3. The van der Waals surface area contributed by atoms with Crippen LogP contribution in [-0.4, -0.2) is 26.4 Å². The molecule has 30 heavy (non-hydrogen) atoms. The van der Waals surface area contributed by atoms with Gasteiger partial charge in [0.1, 0.15) is 9.79 Å². The van der Waals surface area contributed by atoms with E-state index in [2.05, 4.69) is 9.37 Å². The number of sulfone groups is 1. The highest BCUT2D eigenvalue weighted by atomic mass is 32.2. The van der Waals surface area contributed by atoms with Crippen LogP contribution in [0.2, 0.25) is 0 Å². The molecular weight excluding hydrogens is 452 g/mol. The third-order valence-electron chi connectivity index (χ3n) is 6.38. The van der Waals surface area contributed by atoms with Crippen molar-refractivity contribution in [3.63, 3.8) is 0 Å². The van der Waals surface area contributed by atoms with Gasteiger partial charge < -0.3 is 9.99 Å². The summed E-state index contributed by atoms with van der Waals surface area (Å²) in [5, 5.41) is 12.7. The van der Waals surface area contributed by atoms with Gasteiger partial charge in [-0.1, -0.05) is 0 Å². The van der Waals surface area contributed by atoms with Gasteiger partial charge in [-0.2, -0.15) is 4.33 Å². The van der Waals surface area contributed by atoms with E-state index in [9.17, 15) is 31.2 Å². The Labute approximate surface area is 174 Å². The van der Waals surface area contributed by atoms with Gasteiger partial charge in [0.15, 0.2) is 33.1 Å². The molecular formula is C18H19F4O6S2-. The van der Waals surface area contributed by atoms with Crippen molar-refractivity contribution in [2.75, 3.05) is 12.4 Å². The second kappa shape index (κ2) is 8.21. The first-order chi connectivity index (χ1) is 14.2. The predicted molar refractivity (Wildman–Crippen MR) is 93.2 cm³/mol. The smallest absolute Gasteiger partial charge is 0.186 e. The summed E-state index contributed by atoms with van der Waals surface area (Å²) in [5.74, 6) is -7.37. The summed E-state index contributed by atoms with van der Waals surface area (Å²) in [4.78, 5) is -3.08. The lowest BCUT2D eigenvalue weighted by atomic mass is 9.54. The number of halogens is 4. The lowest BCUT2D eigenvalue weighted by Crippen LogP contribution is -2.52. The van der Waals surface area contributed by atoms with Crippen molar-refractivity contribution in [3.8, 4) is 0 Å². The molecule has 1 aromatic carbocycles. The maximum absolute atomic E-state index is 14.3. The first-order valence-electron chi connectivity index (χ1n) is 9.51. The monoisotopic (exact) mass is 471 g/mol. The fourth-order valence-corrected chi connectivity index (χ4v) is 7.32. The highest BCUT2D eigenvalue weighted by Gasteiger charge is 2.51. The van der Waals surface area contributed by atoms with E-state index in [4.69, 9.17) is 4.74 Å². The zero-order chi connectivity index (χ0) is 21.7. The van der Waals surface area contributed by atoms with Crippen LogP contribution in [0.25, 0.3) is 0 Å². The van der Waals surface area contributed by atoms with E-state index in [1.54, 1.807) is 0 Å². The number of ether oxygens (including phenoxy) is 1. The number of benzene rings is 1. The van der Waals surface area contributed by atoms with Gasteiger partial charge in [0, 0.05) is 0 Å². The average molecular weight is 471 g/mol. The van der Waals surface area contributed by atoms with Crippen LogP contribution in [0.3, 0.4) is 0 Å². The van der Waals surface area contributed by atoms with Crippen LogP contribution >= 0.6 is 12.0 Å². The number of hydrogen-bond acceptors (Lipinski definition) is 7. The van der Waals surface area contributed by atoms with Gasteiger partial charge in [-0.25, -0.2) is 26.0 Å². The summed E-state index contributed by atoms with van der Waals surface area (Å²) in [6, 6.07) is 0. The van der Waals surface area contributed by atoms with E-state index in [1.165, 1.54) is 0 Å². The van der Waals surface area contributed by atoms with Gasteiger partial charge in [-0.15, -0.1) is 0 Å². The normalized spacial score (nSPS) is 30.2. The van der Waals surface area contributed by atoms with Gasteiger partial charge >= 0.3 is 0 Å². The Bertz CT molecular complexity index is 875. The molecule has 4 fully saturated rings. The van der Waals surface area contributed by atoms with Crippen LogP contribution in [0.4, 0.5) is 17.6 Å². The summed E-state index contributed by atoms with van der Waals surface area (Å²) >= 11 is -0.413. The standard InChI is InChI=1S/C18H20F4O6S2/c19-12-14(21)17(15(22)13(20)16(12)29-28-27-23)30(24,25)2-1-26-18-6-9-3-10(7-18)5-11(4-9)8-18/h9-11,23H,1-8H2/p-1. The van der Waals surface area contributed by atoms with Crippen LogP contribution in [0, 0.1) is 41.0 Å². The first-order valence-corrected chi connectivity index (χ1v) is 11.9. The minimum atomic E-state index is -4.74. The largest absolute Gasteiger partial charge is 0.691 e. The highest BCUT2D eigenvalue weighted by Crippen LogP contribution is 2.57. The lowest BCUT2D eigenvalue weighted by Gasteiger charge is -2.56. The molecule has 0 aliphatic heterocycles. The molecule has 0 unspecified atom stereocenters. The summed E-state index contributed by atoms with van der Waals surface area (Å²) in [7, 11) is -4.74. The van der Waals surface area contributed by atoms with E-state index in [1.807, 2.05) is 0 Å². The minimum absolute atomic E-state index is 0.333. The molecule has 4 saturated carbocycles. The molecule has 0 radical (unpaired) electrons. The maximum atomic E-state index is 14.3. The molecule has 168 valence electrons. The Morgan fingerprint density at radius 2 is 1.43 bits per heavy atom. The number of rotatable bonds is 8. The van der Waals surface area contributed by atoms with Crippen LogP contribution in [0.5, 0.6) is 0 Å². The molecule has 0 atom stereocenters. The van der Waals surface area contributed by atoms with E-state index in [-0.39, 0.29) is 6.61 Å². The van der Waals surface area contributed by atoms with Gasteiger partial charge in [0.05, 0.1) is 30.0 Å². The third kappa shape index (κ3) is 3.97. The van der Waals surface area contributed by atoms with Crippen LogP contribution in [0.1, 0.15) is 38.5 Å². The molecule has 12 heteroatoms. The fraction of sp³-hybridized carbons (Fsp3) is 0.667. The summed E-state index contributed by atoms with van der Waals surface area (Å²) in [6.07, 6.45) is 5.96. The highest BCUT2D eigenvalue weighted by molar-refractivity contribution is 7.94. The van der Waals surface area contributed by atoms with Gasteiger partial charge in [-0.05, 0) is 56.3 Å². The van der Waals surface area contributed by atoms with E-state index >= 15 is 0 Å². The molecule has 4 aliphatic carbocycles. The van der Waals surface area contributed by atoms with Crippen LogP contribution < -0.4 is 5.26 Å². The molecule has 0 heterocycles. The van der Waals surface area contributed by atoms with Crippen LogP contribution in [0.15, 0.2) is 9.79 Å². The van der Waals surface area contributed by atoms with Crippen molar-refractivity contribution >= 4 is 21.9 Å². The summed E-state index contributed by atoms with van der Waals surface area (Å²) in [6.45, 7) is -0.333. The molecule has 0 saturated heterocycles. The summed E-state index contributed by atoms with van der Waals surface area (Å²) in [5.41, 5.74) is -0.423. The van der Waals surface area contributed by atoms with Crippen molar-refractivity contribution in [1.82, 2.24) is 0 Å².